The molecule has 0 unspecified atom stereocenters. The number of carbonyl (C=O) groups is 1. The summed E-state index contributed by atoms with van der Waals surface area (Å²) in [6, 6.07) is 6.06. The predicted octanol–water partition coefficient (Wildman–Crippen LogP) is 2.21. The molecule has 0 saturated heterocycles. The molecule has 1 aromatic carbocycles. The quantitative estimate of drug-likeness (QED) is 0.823. The molecule has 0 heterocycles. The number of nitrogens with zero attached hydrogens (tertiary/aromatic N) is 1. The highest BCUT2D eigenvalue weighted by Crippen LogP contribution is 2.20. The summed E-state index contributed by atoms with van der Waals surface area (Å²) in [7, 11) is 0. The van der Waals surface area contributed by atoms with Crippen LogP contribution >= 0.6 is 0 Å². The van der Waals surface area contributed by atoms with Gasteiger partial charge >= 0.3 is 5.97 Å². The van der Waals surface area contributed by atoms with E-state index in [-0.39, 0.29) is 6.54 Å². The first-order valence-corrected chi connectivity index (χ1v) is 5.08. The molecule has 0 spiro atoms. The first kappa shape index (κ1) is 11.6. The molecule has 1 N–H and O–H groups in total. The molecule has 0 fully saturated rings. The van der Waals surface area contributed by atoms with Gasteiger partial charge in [-0.2, -0.15) is 0 Å². The lowest BCUT2D eigenvalue weighted by Crippen LogP contribution is -2.29. The van der Waals surface area contributed by atoms with Crippen molar-refractivity contribution in [3.63, 3.8) is 0 Å². The van der Waals surface area contributed by atoms with Crippen LogP contribution in [0.25, 0.3) is 0 Å². The molecule has 3 nitrogen and oxygen atoms in total. The van der Waals surface area contributed by atoms with Crippen molar-refractivity contribution in [3.05, 3.63) is 29.3 Å². The number of hydrogen-bond acceptors (Lipinski definition) is 2. The molecule has 0 aliphatic carbocycles. The molecule has 82 valence electrons. The van der Waals surface area contributed by atoms with Gasteiger partial charge in [-0.05, 0) is 32.4 Å². The Hall–Kier alpha value is -1.51. The van der Waals surface area contributed by atoms with Gasteiger partial charge in [0.2, 0.25) is 0 Å². The van der Waals surface area contributed by atoms with E-state index in [2.05, 4.69) is 6.07 Å². The Morgan fingerprint density at radius 1 is 1.40 bits per heavy atom. The molecule has 3 heteroatoms. The Balaban J connectivity index is 2.96. The monoisotopic (exact) mass is 207 g/mol. The fraction of sp³-hybridized carbons (Fsp3) is 0.417. The van der Waals surface area contributed by atoms with E-state index >= 15 is 0 Å². The lowest BCUT2D eigenvalue weighted by molar-refractivity contribution is -0.135. The maximum absolute atomic E-state index is 10.7. The van der Waals surface area contributed by atoms with Crippen LogP contribution in [0, 0.1) is 13.8 Å². The number of hydrogen-bond donors (Lipinski definition) is 1. The average Bonchev–Trinajstić information content (AvgIpc) is 2.14. The zero-order chi connectivity index (χ0) is 11.4. The topological polar surface area (TPSA) is 40.5 Å². The number of benzene rings is 1. The van der Waals surface area contributed by atoms with Crippen LogP contribution in [-0.4, -0.2) is 24.2 Å². The molecule has 0 bridgehead atoms. The van der Waals surface area contributed by atoms with Crippen molar-refractivity contribution in [2.24, 2.45) is 0 Å². The Labute approximate surface area is 90.3 Å². The van der Waals surface area contributed by atoms with Gasteiger partial charge in [0.05, 0.1) is 0 Å². The third-order valence-electron chi connectivity index (χ3n) is 2.40. The van der Waals surface area contributed by atoms with Crippen LogP contribution < -0.4 is 4.90 Å². The van der Waals surface area contributed by atoms with E-state index in [1.165, 1.54) is 5.56 Å². The number of aliphatic carboxylic acids is 1. The zero-order valence-electron chi connectivity index (χ0n) is 9.45. The van der Waals surface area contributed by atoms with Gasteiger partial charge < -0.3 is 10.0 Å². The summed E-state index contributed by atoms with van der Waals surface area (Å²) in [4.78, 5) is 12.5. The maximum atomic E-state index is 10.7. The average molecular weight is 207 g/mol. The second-order valence-electron chi connectivity index (χ2n) is 3.70. The second-order valence-corrected chi connectivity index (χ2v) is 3.70. The van der Waals surface area contributed by atoms with Crippen LogP contribution in [0.15, 0.2) is 18.2 Å². The Kier molecular flexibility index (Phi) is 3.72. The fourth-order valence-corrected chi connectivity index (χ4v) is 1.69. The maximum Gasteiger partial charge on any atom is 0.323 e. The first-order valence-electron chi connectivity index (χ1n) is 5.08. The number of anilines is 1. The lowest BCUT2D eigenvalue weighted by Gasteiger charge is -2.23. The van der Waals surface area contributed by atoms with Crippen LogP contribution in [0.1, 0.15) is 18.1 Å². The summed E-state index contributed by atoms with van der Waals surface area (Å²) in [5.74, 6) is -0.795. The standard InChI is InChI=1S/C12H17NO2/c1-4-13(8-12(14)15)11-6-5-9(2)7-10(11)3/h5-7H,4,8H2,1-3H3,(H,14,15). The normalized spacial score (nSPS) is 10.1. The Morgan fingerprint density at radius 2 is 2.07 bits per heavy atom. The van der Waals surface area contributed by atoms with E-state index in [9.17, 15) is 4.79 Å². The van der Waals surface area contributed by atoms with Crippen molar-refractivity contribution in [1.29, 1.82) is 0 Å². The second kappa shape index (κ2) is 4.82. The number of likely N-dealkylation sites (N-methyl/N-ethyl adjacent to an activating group) is 1. The molecule has 0 atom stereocenters. The number of rotatable bonds is 4. The zero-order valence-corrected chi connectivity index (χ0v) is 9.45. The van der Waals surface area contributed by atoms with Crippen LogP contribution in [-0.2, 0) is 4.79 Å². The highest BCUT2D eigenvalue weighted by Gasteiger charge is 2.10. The minimum atomic E-state index is -0.795. The molecule has 0 aromatic heterocycles. The Bertz CT molecular complexity index is 361. The largest absolute Gasteiger partial charge is 0.480 e. The van der Waals surface area contributed by atoms with Crippen molar-refractivity contribution >= 4 is 11.7 Å². The number of carboxylic acid groups (broad SMARTS) is 1. The van der Waals surface area contributed by atoms with Gasteiger partial charge in [0.25, 0.3) is 0 Å². The van der Waals surface area contributed by atoms with Gasteiger partial charge in [0, 0.05) is 12.2 Å². The molecule has 1 rings (SSSR count). The Morgan fingerprint density at radius 3 is 2.53 bits per heavy atom. The highest BCUT2D eigenvalue weighted by molar-refractivity contribution is 5.74. The molecule has 15 heavy (non-hydrogen) atoms. The summed E-state index contributed by atoms with van der Waals surface area (Å²) in [6.45, 7) is 6.76. The van der Waals surface area contributed by atoms with E-state index in [1.54, 1.807) is 0 Å². The van der Waals surface area contributed by atoms with Gasteiger partial charge in [0.15, 0.2) is 0 Å². The fourth-order valence-electron chi connectivity index (χ4n) is 1.69. The smallest absolute Gasteiger partial charge is 0.323 e. The molecule has 1 aromatic rings. The molecule has 0 amide bonds. The van der Waals surface area contributed by atoms with Gasteiger partial charge in [0.1, 0.15) is 6.54 Å². The summed E-state index contributed by atoms with van der Waals surface area (Å²) in [6.07, 6.45) is 0. The van der Waals surface area contributed by atoms with Crippen molar-refractivity contribution in [2.45, 2.75) is 20.8 Å². The van der Waals surface area contributed by atoms with Crippen molar-refractivity contribution in [3.8, 4) is 0 Å². The third kappa shape index (κ3) is 2.98. The predicted molar refractivity (Wildman–Crippen MR) is 61.4 cm³/mol. The minimum absolute atomic E-state index is 0.0560. The minimum Gasteiger partial charge on any atom is -0.480 e. The van der Waals surface area contributed by atoms with E-state index in [4.69, 9.17) is 5.11 Å². The summed E-state index contributed by atoms with van der Waals surface area (Å²) < 4.78 is 0. The number of aryl methyl sites for hydroxylation is 2. The van der Waals surface area contributed by atoms with Gasteiger partial charge in [-0.1, -0.05) is 17.7 Å². The molecular weight excluding hydrogens is 190 g/mol. The molecular formula is C12H17NO2. The van der Waals surface area contributed by atoms with Gasteiger partial charge in [-0.25, -0.2) is 0 Å². The highest BCUT2D eigenvalue weighted by atomic mass is 16.4. The van der Waals surface area contributed by atoms with E-state index in [0.717, 1.165) is 11.3 Å². The van der Waals surface area contributed by atoms with Gasteiger partial charge in [-0.15, -0.1) is 0 Å². The van der Waals surface area contributed by atoms with E-state index in [1.807, 2.05) is 37.8 Å². The SMILES string of the molecule is CCN(CC(=O)O)c1ccc(C)cc1C. The van der Waals surface area contributed by atoms with Crippen molar-refractivity contribution in [2.75, 3.05) is 18.0 Å². The third-order valence-corrected chi connectivity index (χ3v) is 2.40. The number of carboxylic acids is 1. The van der Waals surface area contributed by atoms with Crippen LogP contribution in [0.4, 0.5) is 5.69 Å². The summed E-state index contributed by atoms with van der Waals surface area (Å²) >= 11 is 0. The first-order chi connectivity index (χ1) is 7.04. The molecule has 0 radical (unpaired) electrons. The van der Waals surface area contributed by atoms with Crippen LogP contribution in [0.3, 0.4) is 0 Å². The van der Waals surface area contributed by atoms with Crippen molar-refractivity contribution in [1.82, 2.24) is 0 Å². The summed E-state index contributed by atoms with van der Waals surface area (Å²) in [5.41, 5.74) is 3.33. The molecule has 0 aliphatic rings. The lowest BCUT2D eigenvalue weighted by atomic mass is 10.1. The van der Waals surface area contributed by atoms with Crippen molar-refractivity contribution < 1.29 is 9.90 Å². The summed E-state index contributed by atoms with van der Waals surface area (Å²) in [5, 5.41) is 8.78. The van der Waals surface area contributed by atoms with E-state index in [0.29, 0.717) is 6.54 Å². The molecule has 0 aliphatic heterocycles. The molecule has 0 saturated carbocycles. The van der Waals surface area contributed by atoms with Gasteiger partial charge in [-0.3, -0.25) is 4.79 Å². The van der Waals surface area contributed by atoms with Crippen LogP contribution in [0.2, 0.25) is 0 Å². The van der Waals surface area contributed by atoms with Crippen LogP contribution in [0.5, 0.6) is 0 Å². The van der Waals surface area contributed by atoms with E-state index < -0.39 is 5.97 Å².